The van der Waals surface area contributed by atoms with Crippen LogP contribution in [0.2, 0.25) is 5.02 Å². The molecule has 0 amide bonds. The van der Waals surface area contributed by atoms with Crippen LogP contribution in [0.1, 0.15) is 11.2 Å². The molecule has 0 radical (unpaired) electrons. The van der Waals surface area contributed by atoms with Crippen LogP contribution in [0.4, 0.5) is 0 Å². The van der Waals surface area contributed by atoms with E-state index in [-0.39, 0.29) is 16.5 Å². The summed E-state index contributed by atoms with van der Waals surface area (Å²) in [6.07, 6.45) is 0. The van der Waals surface area contributed by atoms with Gasteiger partial charge in [0.05, 0.1) is 0 Å². The molecule has 0 fully saturated rings. The molecule has 144 valence electrons. The molecule has 0 aromatic heterocycles. The zero-order chi connectivity index (χ0) is 20.0. The second-order valence-corrected chi connectivity index (χ2v) is 8.38. The minimum absolute atomic E-state index is 0.253. The molecule has 3 aromatic rings. The minimum atomic E-state index is -4.10. The molecular weight excluding hydrogens is 401 g/mol. The smallest absolute Gasteiger partial charge is 0.415 e. The summed E-state index contributed by atoms with van der Waals surface area (Å²) in [7, 11) is -4.10. The van der Waals surface area contributed by atoms with Crippen molar-refractivity contribution in [2.24, 2.45) is 0 Å². The molecule has 0 spiro atoms. The number of rotatable bonds is 8. The van der Waals surface area contributed by atoms with E-state index in [1.165, 1.54) is 0 Å². The first-order valence-electron chi connectivity index (χ1n) is 8.43. The Balaban J connectivity index is 2.09. The lowest BCUT2D eigenvalue weighted by molar-refractivity contribution is -0.480. The van der Waals surface area contributed by atoms with Crippen LogP contribution in [0.5, 0.6) is 11.5 Å². The Morgan fingerprint density at radius 3 is 1.79 bits per heavy atom. The zero-order valence-electron chi connectivity index (χ0n) is 14.7. The van der Waals surface area contributed by atoms with Crippen LogP contribution < -0.4 is 9.05 Å². The van der Waals surface area contributed by atoms with Gasteiger partial charge >= 0.3 is 7.60 Å². The lowest BCUT2D eigenvalue weighted by Crippen LogP contribution is -2.19. The van der Waals surface area contributed by atoms with Gasteiger partial charge in [0, 0.05) is 9.95 Å². The van der Waals surface area contributed by atoms with Gasteiger partial charge in [0.1, 0.15) is 11.5 Å². The van der Waals surface area contributed by atoms with Crippen molar-refractivity contribution < 1.29 is 18.5 Å². The maximum Gasteiger partial charge on any atom is 0.444 e. The Labute approximate surface area is 167 Å². The van der Waals surface area contributed by atoms with Crippen molar-refractivity contribution in [3.63, 3.8) is 0 Å². The quantitative estimate of drug-likeness (QED) is 0.255. The highest BCUT2D eigenvalue weighted by Crippen LogP contribution is 2.61. The molecule has 0 N–H and O–H groups in total. The average Bonchev–Trinajstić information content (AvgIpc) is 2.68. The summed E-state index contributed by atoms with van der Waals surface area (Å²) in [5, 5.41) is 11.6. The molecule has 0 bridgehead atoms. The van der Waals surface area contributed by atoms with E-state index in [1.807, 2.05) is 0 Å². The maximum absolute atomic E-state index is 13.9. The van der Waals surface area contributed by atoms with E-state index >= 15 is 0 Å². The van der Waals surface area contributed by atoms with Crippen LogP contribution in [0.25, 0.3) is 0 Å². The predicted molar refractivity (Wildman–Crippen MR) is 108 cm³/mol. The maximum atomic E-state index is 13.9. The Morgan fingerprint density at radius 1 is 0.857 bits per heavy atom. The van der Waals surface area contributed by atoms with Gasteiger partial charge in [-0.3, -0.25) is 10.1 Å². The van der Waals surface area contributed by atoms with Crippen LogP contribution in [0, 0.1) is 10.1 Å². The lowest BCUT2D eigenvalue weighted by atomic mass is 10.1. The summed E-state index contributed by atoms with van der Waals surface area (Å²) in [5.41, 5.74) is -0.868. The van der Waals surface area contributed by atoms with Gasteiger partial charge < -0.3 is 9.05 Å². The molecule has 8 heteroatoms. The van der Waals surface area contributed by atoms with Crippen LogP contribution in [0.15, 0.2) is 84.9 Å². The summed E-state index contributed by atoms with van der Waals surface area (Å²) in [6, 6.07) is 23.4. The fourth-order valence-electron chi connectivity index (χ4n) is 2.66. The van der Waals surface area contributed by atoms with Gasteiger partial charge in [-0.2, -0.15) is 0 Å². The molecular formula is C20H17ClNO5P. The van der Waals surface area contributed by atoms with Crippen molar-refractivity contribution in [2.45, 2.75) is 5.66 Å². The van der Waals surface area contributed by atoms with E-state index in [0.717, 1.165) is 0 Å². The topological polar surface area (TPSA) is 78.7 Å². The normalized spacial score (nSPS) is 12.2. The summed E-state index contributed by atoms with van der Waals surface area (Å²) in [6.45, 7) is -0.666. The molecule has 0 aliphatic heterocycles. The van der Waals surface area contributed by atoms with Gasteiger partial charge in [-0.1, -0.05) is 66.2 Å². The molecule has 0 aliphatic carbocycles. The first-order valence-corrected chi connectivity index (χ1v) is 10.4. The summed E-state index contributed by atoms with van der Waals surface area (Å²) in [4.78, 5) is 10.8. The van der Waals surface area contributed by atoms with Crippen molar-refractivity contribution in [2.75, 3.05) is 6.54 Å². The highest BCUT2D eigenvalue weighted by molar-refractivity contribution is 7.55. The van der Waals surface area contributed by atoms with Gasteiger partial charge in [0.15, 0.2) is 5.66 Å². The summed E-state index contributed by atoms with van der Waals surface area (Å²) in [5.74, 6) is 0.560. The summed E-state index contributed by atoms with van der Waals surface area (Å²) >= 11 is 6.26. The van der Waals surface area contributed by atoms with Gasteiger partial charge in [-0.25, -0.2) is 4.57 Å². The zero-order valence-corrected chi connectivity index (χ0v) is 16.3. The van der Waals surface area contributed by atoms with Crippen molar-refractivity contribution in [1.29, 1.82) is 0 Å². The van der Waals surface area contributed by atoms with Crippen LogP contribution in [0.3, 0.4) is 0 Å². The minimum Gasteiger partial charge on any atom is -0.415 e. The number of para-hydroxylation sites is 2. The van der Waals surface area contributed by atoms with Crippen LogP contribution >= 0.6 is 19.2 Å². The average molecular weight is 418 g/mol. The molecule has 3 rings (SSSR count). The molecule has 0 unspecified atom stereocenters. The number of hydrogen-bond acceptors (Lipinski definition) is 5. The Bertz CT molecular complexity index is 939. The number of halogens is 1. The second-order valence-electron chi connectivity index (χ2n) is 5.90. The number of hydrogen-bond donors (Lipinski definition) is 0. The molecule has 0 heterocycles. The van der Waals surface area contributed by atoms with E-state index in [0.29, 0.717) is 5.56 Å². The highest BCUT2D eigenvalue weighted by atomic mass is 35.5. The van der Waals surface area contributed by atoms with Crippen molar-refractivity contribution in [3.8, 4) is 11.5 Å². The van der Waals surface area contributed by atoms with E-state index in [4.69, 9.17) is 20.6 Å². The van der Waals surface area contributed by atoms with E-state index in [1.54, 1.807) is 84.9 Å². The largest absolute Gasteiger partial charge is 0.444 e. The molecule has 28 heavy (non-hydrogen) atoms. The van der Waals surface area contributed by atoms with Gasteiger partial charge in [-0.05, 0) is 35.9 Å². The van der Waals surface area contributed by atoms with E-state index in [9.17, 15) is 14.7 Å². The number of benzene rings is 3. The molecule has 1 atom stereocenters. The van der Waals surface area contributed by atoms with E-state index < -0.39 is 24.7 Å². The van der Waals surface area contributed by atoms with Gasteiger partial charge in [-0.15, -0.1) is 0 Å². The van der Waals surface area contributed by atoms with Crippen LogP contribution in [-0.2, 0) is 4.57 Å². The standard InChI is InChI=1S/C20H17ClNO5P/c21-19-14-8-7-13-18(19)20(15-22(23)24)28(25,26-16-9-3-1-4-10-16)27-17-11-5-2-6-12-17/h1-14,20H,15H2/t20-/m0/s1. The number of nitrogens with zero attached hydrogens (tertiary/aromatic N) is 1. The SMILES string of the molecule is O=[N+]([O-])C[C@@H](c1ccccc1Cl)P(=O)(Oc1ccccc1)Oc1ccccc1. The summed E-state index contributed by atoms with van der Waals surface area (Å²) < 4.78 is 25.4. The van der Waals surface area contributed by atoms with E-state index in [2.05, 4.69) is 0 Å². The molecule has 0 aliphatic rings. The fraction of sp³-hybridized carbons (Fsp3) is 0.100. The lowest BCUT2D eigenvalue weighted by Gasteiger charge is -2.26. The molecule has 3 aromatic carbocycles. The molecule has 0 saturated heterocycles. The van der Waals surface area contributed by atoms with Crippen molar-refractivity contribution in [1.82, 2.24) is 0 Å². The predicted octanol–water partition coefficient (Wildman–Crippen LogP) is 6.01. The molecule has 0 saturated carbocycles. The second kappa shape index (κ2) is 8.91. The Kier molecular flexibility index (Phi) is 6.34. The van der Waals surface area contributed by atoms with Crippen molar-refractivity contribution >= 4 is 19.2 Å². The third-order valence-corrected chi connectivity index (χ3v) is 6.40. The third-order valence-electron chi connectivity index (χ3n) is 3.92. The number of nitro groups is 1. The highest BCUT2D eigenvalue weighted by Gasteiger charge is 2.45. The van der Waals surface area contributed by atoms with Crippen molar-refractivity contribution in [3.05, 3.63) is 106 Å². The fourth-order valence-corrected chi connectivity index (χ4v) is 5.02. The van der Waals surface area contributed by atoms with Gasteiger partial charge in [0.25, 0.3) is 0 Å². The molecule has 6 nitrogen and oxygen atoms in total. The first-order chi connectivity index (χ1) is 13.5. The Morgan fingerprint density at radius 2 is 1.32 bits per heavy atom. The Hall–Kier alpha value is -2.82. The monoisotopic (exact) mass is 417 g/mol. The van der Waals surface area contributed by atoms with Crippen LogP contribution in [-0.4, -0.2) is 11.5 Å². The third kappa shape index (κ3) is 4.91. The first kappa shape index (κ1) is 19.9. The van der Waals surface area contributed by atoms with Gasteiger partial charge in [0.2, 0.25) is 6.54 Å².